The van der Waals surface area contributed by atoms with Gasteiger partial charge in [-0.2, -0.15) is 0 Å². The van der Waals surface area contributed by atoms with Gasteiger partial charge in [-0.25, -0.2) is 14.5 Å². The fourth-order valence-corrected chi connectivity index (χ4v) is 5.74. The molecule has 40 heavy (non-hydrogen) atoms. The van der Waals surface area contributed by atoms with Crippen LogP contribution in [0.3, 0.4) is 0 Å². The Labute approximate surface area is 228 Å². The number of benzene rings is 5. The van der Waals surface area contributed by atoms with Gasteiger partial charge in [0.05, 0.1) is 18.2 Å². The predicted molar refractivity (Wildman–Crippen MR) is 153 cm³/mol. The van der Waals surface area contributed by atoms with Gasteiger partial charge in [0.2, 0.25) is 5.88 Å². The van der Waals surface area contributed by atoms with E-state index in [-0.39, 0.29) is 11.7 Å². The van der Waals surface area contributed by atoms with Crippen LogP contribution in [0.5, 0.6) is 23.1 Å². The van der Waals surface area contributed by atoms with Gasteiger partial charge in [0, 0.05) is 22.3 Å². The summed E-state index contributed by atoms with van der Waals surface area (Å²) in [7, 11) is 1.66. The smallest absolute Gasteiger partial charge is 0.228 e. The van der Waals surface area contributed by atoms with Crippen molar-refractivity contribution in [1.82, 2.24) is 19.6 Å². The zero-order valence-corrected chi connectivity index (χ0v) is 21.4. The summed E-state index contributed by atoms with van der Waals surface area (Å²) in [5, 5.41) is 19.7. The van der Waals surface area contributed by atoms with Gasteiger partial charge in [0.25, 0.3) is 0 Å². The Kier molecular flexibility index (Phi) is 4.81. The summed E-state index contributed by atoms with van der Waals surface area (Å²) in [4.78, 5) is 9.65. The average molecular weight is 523 g/mol. The first-order valence-corrected chi connectivity index (χ1v) is 13.0. The molecule has 0 radical (unpaired) electrons. The topological polar surface area (TPSA) is 81.8 Å². The summed E-state index contributed by atoms with van der Waals surface area (Å²) in [6.07, 6.45) is 1.62. The van der Waals surface area contributed by atoms with Crippen LogP contribution < -0.4 is 9.47 Å². The van der Waals surface area contributed by atoms with Crippen molar-refractivity contribution in [3.63, 3.8) is 0 Å². The van der Waals surface area contributed by atoms with Crippen LogP contribution in [0.25, 0.3) is 38.6 Å². The molecular weight excluding hydrogens is 500 g/mol. The minimum atomic E-state index is -0.215. The SMILES string of the molecule is COc1ccc([C@@H]2c3ccc4ccccc4c3Oc3ncn4nc(-c5ccc6ccccc6c5O)nc4c32)cc1. The molecule has 5 aromatic carbocycles. The number of aromatic nitrogens is 4. The van der Waals surface area contributed by atoms with E-state index in [2.05, 4.69) is 36.4 Å². The number of rotatable bonds is 3. The molecule has 3 heterocycles. The minimum Gasteiger partial charge on any atom is -0.507 e. The van der Waals surface area contributed by atoms with Crippen molar-refractivity contribution in [1.29, 1.82) is 0 Å². The molecule has 8 rings (SSSR count). The highest BCUT2D eigenvalue weighted by molar-refractivity contribution is 5.94. The zero-order chi connectivity index (χ0) is 26.8. The molecule has 1 aliphatic heterocycles. The molecule has 2 aromatic heterocycles. The maximum absolute atomic E-state index is 11.1. The molecule has 0 bridgehead atoms. The molecule has 7 heteroatoms. The molecular formula is C33H22N4O3. The van der Waals surface area contributed by atoms with Gasteiger partial charge in [-0.15, -0.1) is 5.10 Å². The molecule has 0 unspecified atom stereocenters. The van der Waals surface area contributed by atoms with E-state index in [4.69, 9.17) is 24.5 Å². The molecule has 0 saturated heterocycles. The van der Waals surface area contributed by atoms with Crippen LogP contribution in [0.2, 0.25) is 0 Å². The molecule has 0 fully saturated rings. The van der Waals surface area contributed by atoms with Crippen LogP contribution in [0.4, 0.5) is 0 Å². The summed E-state index contributed by atoms with van der Waals surface area (Å²) in [6.45, 7) is 0. The van der Waals surface area contributed by atoms with E-state index < -0.39 is 0 Å². The van der Waals surface area contributed by atoms with Crippen molar-refractivity contribution in [3.05, 3.63) is 120 Å². The number of nitrogens with zero attached hydrogens (tertiary/aromatic N) is 4. The minimum absolute atomic E-state index is 0.149. The van der Waals surface area contributed by atoms with Gasteiger partial charge in [-0.1, -0.05) is 78.9 Å². The number of aromatic hydroxyl groups is 1. The third kappa shape index (κ3) is 3.27. The van der Waals surface area contributed by atoms with E-state index in [9.17, 15) is 5.11 Å². The Hall–Kier alpha value is -5.43. The fraction of sp³-hybridized carbons (Fsp3) is 0.0606. The van der Waals surface area contributed by atoms with Gasteiger partial charge < -0.3 is 14.6 Å². The van der Waals surface area contributed by atoms with Gasteiger partial charge in [-0.3, -0.25) is 0 Å². The van der Waals surface area contributed by atoms with Crippen LogP contribution in [0.15, 0.2) is 103 Å². The molecule has 7 nitrogen and oxygen atoms in total. The molecule has 0 saturated carbocycles. The Morgan fingerprint density at radius 1 is 0.825 bits per heavy atom. The van der Waals surface area contributed by atoms with E-state index >= 15 is 0 Å². The Bertz CT molecular complexity index is 2100. The summed E-state index contributed by atoms with van der Waals surface area (Å²) in [5.74, 6) is 2.40. The van der Waals surface area contributed by atoms with Crippen LogP contribution >= 0.6 is 0 Å². The summed E-state index contributed by atoms with van der Waals surface area (Å²) in [5.41, 5.74) is 4.06. The number of fused-ring (bicyclic) bond motifs is 7. The third-order valence-corrected chi connectivity index (χ3v) is 7.69. The van der Waals surface area contributed by atoms with Gasteiger partial charge in [-0.05, 0) is 34.5 Å². The molecule has 0 spiro atoms. The highest BCUT2D eigenvalue weighted by Crippen LogP contribution is 2.50. The van der Waals surface area contributed by atoms with Crippen LogP contribution in [-0.2, 0) is 0 Å². The maximum Gasteiger partial charge on any atom is 0.228 e. The Balaban J connectivity index is 1.38. The Morgan fingerprint density at radius 2 is 1.55 bits per heavy atom. The van der Waals surface area contributed by atoms with Crippen LogP contribution in [-0.4, -0.2) is 31.8 Å². The average Bonchev–Trinajstić information content (AvgIpc) is 3.45. The first-order chi connectivity index (χ1) is 19.7. The fourth-order valence-electron chi connectivity index (χ4n) is 5.74. The normalized spacial score (nSPS) is 14.2. The molecule has 7 aromatic rings. The third-order valence-electron chi connectivity index (χ3n) is 7.69. The first-order valence-electron chi connectivity index (χ1n) is 13.0. The number of phenolic OH excluding ortho intramolecular Hbond substituents is 1. The Morgan fingerprint density at radius 3 is 2.35 bits per heavy atom. The van der Waals surface area contributed by atoms with E-state index in [0.29, 0.717) is 22.9 Å². The second kappa shape index (κ2) is 8.54. The van der Waals surface area contributed by atoms with Crippen molar-refractivity contribution in [2.75, 3.05) is 7.11 Å². The highest BCUT2D eigenvalue weighted by Gasteiger charge is 2.34. The number of methoxy groups -OCH3 is 1. The molecule has 0 amide bonds. The van der Waals surface area contributed by atoms with E-state index in [1.54, 1.807) is 18.0 Å². The maximum atomic E-state index is 11.1. The lowest BCUT2D eigenvalue weighted by molar-refractivity contribution is 0.414. The number of hydrogen-bond donors (Lipinski definition) is 1. The van der Waals surface area contributed by atoms with Gasteiger partial charge in [0.15, 0.2) is 11.5 Å². The summed E-state index contributed by atoms with van der Waals surface area (Å²) in [6, 6.07) is 32.0. The van der Waals surface area contributed by atoms with Crippen LogP contribution in [0.1, 0.15) is 22.6 Å². The second-order valence-electron chi connectivity index (χ2n) is 9.86. The predicted octanol–water partition coefficient (Wildman–Crippen LogP) is 7.10. The number of phenols is 1. The molecule has 1 N–H and O–H groups in total. The largest absolute Gasteiger partial charge is 0.507 e. The van der Waals surface area contributed by atoms with Gasteiger partial charge in [0.1, 0.15) is 23.6 Å². The van der Waals surface area contributed by atoms with Gasteiger partial charge >= 0.3 is 0 Å². The van der Waals surface area contributed by atoms with E-state index in [1.165, 1.54) is 0 Å². The number of ether oxygens (including phenoxy) is 2. The van der Waals surface area contributed by atoms with Crippen molar-refractivity contribution in [2.24, 2.45) is 0 Å². The van der Waals surface area contributed by atoms with Crippen molar-refractivity contribution < 1.29 is 14.6 Å². The summed E-state index contributed by atoms with van der Waals surface area (Å²) < 4.78 is 13.6. The zero-order valence-electron chi connectivity index (χ0n) is 21.4. The monoisotopic (exact) mass is 522 g/mol. The molecule has 1 aliphatic rings. The molecule has 1 atom stereocenters. The van der Waals surface area contributed by atoms with Crippen molar-refractivity contribution in [2.45, 2.75) is 5.92 Å². The van der Waals surface area contributed by atoms with Crippen LogP contribution in [0, 0.1) is 0 Å². The van der Waals surface area contributed by atoms with E-state index in [0.717, 1.165) is 49.7 Å². The lowest BCUT2D eigenvalue weighted by atomic mass is 9.83. The second-order valence-corrected chi connectivity index (χ2v) is 9.86. The molecule has 192 valence electrons. The van der Waals surface area contributed by atoms with Crippen molar-refractivity contribution in [3.8, 4) is 34.5 Å². The molecule has 0 aliphatic carbocycles. The quantitative estimate of drug-likeness (QED) is 0.267. The highest BCUT2D eigenvalue weighted by atomic mass is 16.5. The lowest BCUT2D eigenvalue weighted by Gasteiger charge is -2.28. The van der Waals surface area contributed by atoms with Crippen molar-refractivity contribution >= 4 is 27.2 Å². The lowest BCUT2D eigenvalue weighted by Crippen LogP contribution is -2.15. The number of hydrogen-bond acceptors (Lipinski definition) is 6. The van der Waals surface area contributed by atoms with E-state index in [1.807, 2.05) is 60.7 Å². The first kappa shape index (κ1) is 22.5. The standard InChI is InChI=1S/C33H22N4O3/c1-39-22-14-10-21(11-15-22)27-25-16-12-20-7-3-5-9-24(20)30(25)40-33-28(27)32-35-31(36-37(32)18-34-33)26-17-13-19-6-2-4-8-23(19)29(26)38/h2-18,27,38H,1H3/t27-/m1/s1. The summed E-state index contributed by atoms with van der Waals surface area (Å²) >= 11 is 0.